The Morgan fingerprint density at radius 1 is 1.00 bits per heavy atom. The summed E-state index contributed by atoms with van der Waals surface area (Å²) in [6, 6.07) is 9.26. The van der Waals surface area contributed by atoms with E-state index in [0.717, 1.165) is 19.5 Å². The molecule has 2 aliphatic rings. The van der Waals surface area contributed by atoms with Crippen molar-refractivity contribution in [3.05, 3.63) is 35.4 Å². The highest BCUT2D eigenvalue weighted by Gasteiger charge is 2.31. The molecule has 1 saturated carbocycles. The van der Waals surface area contributed by atoms with Gasteiger partial charge in [0.05, 0.1) is 6.10 Å². The van der Waals surface area contributed by atoms with Gasteiger partial charge in [0.15, 0.2) is 0 Å². The minimum Gasteiger partial charge on any atom is -0.391 e. The summed E-state index contributed by atoms with van der Waals surface area (Å²) in [5, 5.41) is 10.2. The van der Waals surface area contributed by atoms with E-state index in [4.69, 9.17) is 0 Å². The van der Waals surface area contributed by atoms with Gasteiger partial charge in [-0.25, -0.2) is 0 Å². The van der Waals surface area contributed by atoms with Gasteiger partial charge in [-0.15, -0.1) is 0 Å². The van der Waals surface area contributed by atoms with E-state index in [1.165, 1.54) is 43.2 Å². The Morgan fingerprint density at radius 2 is 1.70 bits per heavy atom. The number of likely N-dealkylation sites (tertiary alicyclic amines) is 1. The molecule has 0 spiro atoms. The average Bonchev–Trinajstić information content (AvgIpc) is 2.49. The van der Waals surface area contributed by atoms with Crippen LogP contribution in [0.1, 0.15) is 55.6 Å². The number of benzene rings is 1. The van der Waals surface area contributed by atoms with Gasteiger partial charge in [0, 0.05) is 6.04 Å². The maximum Gasteiger partial charge on any atom is 0.0695 e. The molecule has 110 valence electrons. The van der Waals surface area contributed by atoms with Crippen molar-refractivity contribution >= 4 is 0 Å². The Hall–Kier alpha value is -0.860. The largest absolute Gasteiger partial charge is 0.391 e. The van der Waals surface area contributed by atoms with E-state index in [-0.39, 0.29) is 6.10 Å². The van der Waals surface area contributed by atoms with Crippen molar-refractivity contribution in [2.75, 3.05) is 13.1 Å². The van der Waals surface area contributed by atoms with Crippen molar-refractivity contribution in [2.24, 2.45) is 0 Å². The lowest BCUT2D eigenvalue weighted by Gasteiger charge is -2.41. The number of hydrogen-bond donors (Lipinski definition) is 1. The molecule has 3 rings (SSSR count). The molecule has 1 N–H and O–H groups in total. The quantitative estimate of drug-likeness (QED) is 0.892. The standard InChI is InChI=1S/C18H27NO/c1-14-6-2-3-7-16(14)15-10-12-19(13-11-15)17-8-4-5-9-18(17)20/h2-3,6-7,15,17-18,20H,4-5,8-13H2,1H3/t17-,18-/m0/s1. The van der Waals surface area contributed by atoms with Crippen LogP contribution >= 0.6 is 0 Å². The maximum atomic E-state index is 10.2. The molecule has 0 bridgehead atoms. The minimum atomic E-state index is -0.0845. The second-order valence-electron chi connectivity index (χ2n) is 6.59. The molecular weight excluding hydrogens is 246 g/mol. The van der Waals surface area contributed by atoms with Gasteiger partial charge in [0.2, 0.25) is 0 Å². The SMILES string of the molecule is Cc1ccccc1C1CCN([C@H]2CCCC[C@@H]2O)CC1. The molecule has 2 nitrogen and oxygen atoms in total. The fraction of sp³-hybridized carbons (Fsp3) is 0.667. The van der Waals surface area contributed by atoms with Crippen molar-refractivity contribution in [3.8, 4) is 0 Å². The third-order valence-electron chi connectivity index (χ3n) is 5.32. The fourth-order valence-corrected chi connectivity index (χ4v) is 4.10. The molecule has 0 aromatic heterocycles. The summed E-state index contributed by atoms with van der Waals surface area (Å²) in [6.07, 6.45) is 7.09. The van der Waals surface area contributed by atoms with E-state index < -0.39 is 0 Å². The highest BCUT2D eigenvalue weighted by Crippen LogP contribution is 2.33. The number of hydrogen-bond acceptors (Lipinski definition) is 2. The lowest BCUT2D eigenvalue weighted by Crippen LogP contribution is -2.48. The van der Waals surface area contributed by atoms with Gasteiger partial charge in [-0.1, -0.05) is 37.1 Å². The van der Waals surface area contributed by atoms with Crippen LogP contribution in [0.4, 0.5) is 0 Å². The highest BCUT2D eigenvalue weighted by atomic mass is 16.3. The summed E-state index contributed by atoms with van der Waals surface area (Å²) >= 11 is 0. The molecular formula is C18H27NO. The fourth-order valence-electron chi connectivity index (χ4n) is 4.10. The predicted molar refractivity (Wildman–Crippen MR) is 83.0 cm³/mol. The van der Waals surface area contributed by atoms with E-state index in [9.17, 15) is 5.11 Å². The van der Waals surface area contributed by atoms with E-state index in [1.807, 2.05) is 0 Å². The van der Waals surface area contributed by atoms with Crippen molar-refractivity contribution < 1.29 is 5.11 Å². The zero-order valence-electron chi connectivity index (χ0n) is 12.6. The first-order valence-electron chi connectivity index (χ1n) is 8.23. The molecule has 1 aromatic rings. The number of aliphatic hydroxyl groups is 1. The highest BCUT2D eigenvalue weighted by molar-refractivity contribution is 5.29. The average molecular weight is 273 g/mol. The molecule has 1 aliphatic heterocycles. The van der Waals surface area contributed by atoms with Crippen LogP contribution in [0.3, 0.4) is 0 Å². The lowest BCUT2D eigenvalue weighted by atomic mass is 9.84. The zero-order valence-corrected chi connectivity index (χ0v) is 12.6. The van der Waals surface area contributed by atoms with Gasteiger partial charge >= 0.3 is 0 Å². The van der Waals surface area contributed by atoms with Crippen LogP contribution in [-0.2, 0) is 0 Å². The van der Waals surface area contributed by atoms with Crippen LogP contribution in [0.5, 0.6) is 0 Å². The lowest BCUT2D eigenvalue weighted by molar-refractivity contribution is 0.00868. The van der Waals surface area contributed by atoms with Crippen molar-refractivity contribution in [2.45, 2.75) is 63.5 Å². The molecule has 1 aliphatic carbocycles. The van der Waals surface area contributed by atoms with Gasteiger partial charge in [-0.2, -0.15) is 0 Å². The topological polar surface area (TPSA) is 23.5 Å². The van der Waals surface area contributed by atoms with Crippen LogP contribution < -0.4 is 0 Å². The van der Waals surface area contributed by atoms with Gasteiger partial charge in [-0.05, 0) is 62.7 Å². The van der Waals surface area contributed by atoms with Crippen LogP contribution in [0.2, 0.25) is 0 Å². The monoisotopic (exact) mass is 273 g/mol. The Bertz CT molecular complexity index is 437. The van der Waals surface area contributed by atoms with Crippen LogP contribution in [0.25, 0.3) is 0 Å². The molecule has 0 unspecified atom stereocenters. The molecule has 1 aromatic carbocycles. The molecule has 2 fully saturated rings. The first kappa shape index (κ1) is 14.1. The molecule has 1 saturated heterocycles. The van der Waals surface area contributed by atoms with Crippen LogP contribution in [0, 0.1) is 6.92 Å². The third-order valence-corrected chi connectivity index (χ3v) is 5.32. The molecule has 2 heteroatoms. The number of nitrogens with zero attached hydrogens (tertiary/aromatic N) is 1. The number of rotatable bonds is 2. The maximum absolute atomic E-state index is 10.2. The number of aliphatic hydroxyl groups excluding tert-OH is 1. The number of piperidine rings is 1. The molecule has 0 radical (unpaired) electrons. The molecule has 1 heterocycles. The number of aryl methyl sites for hydroxylation is 1. The Kier molecular flexibility index (Phi) is 4.42. The minimum absolute atomic E-state index is 0.0845. The summed E-state index contributed by atoms with van der Waals surface area (Å²) in [4.78, 5) is 2.55. The van der Waals surface area contributed by atoms with Crippen molar-refractivity contribution in [1.82, 2.24) is 4.90 Å². The normalized spacial score (nSPS) is 29.5. The first-order chi connectivity index (χ1) is 9.75. The van der Waals surface area contributed by atoms with Gasteiger partial charge in [-0.3, -0.25) is 4.90 Å². The summed E-state index contributed by atoms with van der Waals surface area (Å²) in [5.41, 5.74) is 2.97. The smallest absolute Gasteiger partial charge is 0.0695 e. The van der Waals surface area contributed by atoms with Crippen molar-refractivity contribution in [1.29, 1.82) is 0 Å². The van der Waals surface area contributed by atoms with Crippen LogP contribution in [-0.4, -0.2) is 35.2 Å². The molecule has 20 heavy (non-hydrogen) atoms. The van der Waals surface area contributed by atoms with Gasteiger partial charge < -0.3 is 5.11 Å². The predicted octanol–water partition coefficient (Wildman–Crippen LogP) is 3.48. The Labute approximate surface area is 122 Å². The summed E-state index contributed by atoms with van der Waals surface area (Å²) in [7, 11) is 0. The summed E-state index contributed by atoms with van der Waals surface area (Å²) in [5.74, 6) is 0.716. The summed E-state index contributed by atoms with van der Waals surface area (Å²) < 4.78 is 0. The second-order valence-corrected chi connectivity index (χ2v) is 6.59. The molecule has 2 atom stereocenters. The van der Waals surface area contributed by atoms with E-state index in [2.05, 4.69) is 36.1 Å². The van der Waals surface area contributed by atoms with Crippen LogP contribution in [0.15, 0.2) is 24.3 Å². The molecule has 0 amide bonds. The van der Waals surface area contributed by atoms with Gasteiger partial charge in [0.25, 0.3) is 0 Å². The van der Waals surface area contributed by atoms with E-state index in [0.29, 0.717) is 12.0 Å². The Balaban J connectivity index is 1.61. The van der Waals surface area contributed by atoms with E-state index in [1.54, 1.807) is 0 Å². The zero-order chi connectivity index (χ0) is 13.9. The van der Waals surface area contributed by atoms with E-state index >= 15 is 0 Å². The summed E-state index contributed by atoms with van der Waals surface area (Å²) in [6.45, 7) is 4.54. The first-order valence-corrected chi connectivity index (χ1v) is 8.23. The third kappa shape index (κ3) is 2.91. The second kappa shape index (κ2) is 6.28. The van der Waals surface area contributed by atoms with Gasteiger partial charge in [0.1, 0.15) is 0 Å². The van der Waals surface area contributed by atoms with Crippen molar-refractivity contribution in [3.63, 3.8) is 0 Å². The Morgan fingerprint density at radius 3 is 2.40 bits per heavy atom.